The molecular weight excluding hydrogens is 391 g/mol. The summed E-state index contributed by atoms with van der Waals surface area (Å²) in [6, 6.07) is 6.18. The van der Waals surface area contributed by atoms with Crippen molar-refractivity contribution in [1.29, 1.82) is 0 Å². The minimum absolute atomic E-state index is 0.0393. The molecule has 0 spiro atoms. The second kappa shape index (κ2) is 8.09. The number of hydrogen-bond acceptors (Lipinski definition) is 7. The van der Waals surface area contributed by atoms with Crippen LogP contribution in [-0.4, -0.2) is 40.9 Å². The van der Waals surface area contributed by atoms with Gasteiger partial charge >= 0.3 is 5.76 Å². The first-order chi connectivity index (χ1) is 13.6. The van der Waals surface area contributed by atoms with Crippen molar-refractivity contribution in [3.05, 3.63) is 63.6 Å². The van der Waals surface area contributed by atoms with Gasteiger partial charge in [0, 0.05) is 19.3 Å². The highest BCUT2D eigenvalue weighted by Gasteiger charge is 2.29. The molecule has 2 aromatic heterocycles. The van der Waals surface area contributed by atoms with Crippen LogP contribution in [0.1, 0.15) is 11.7 Å². The minimum Gasteiger partial charge on any atom is -0.484 e. The van der Waals surface area contributed by atoms with Gasteiger partial charge in [0.25, 0.3) is 0 Å². The van der Waals surface area contributed by atoms with Gasteiger partial charge in [-0.25, -0.2) is 9.18 Å². The van der Waals surface area contributed by atoms with Gasteiger partial charge in [-0.05, 0) is 23.8 Å². The maximum atomic E-state index is 14.0. The number of nitrogens with one attached hydrogen (secondary N) is 2. The average Bonchev–Trinajstić information content (AvgIpc) is 2.99. The van der Waals surface area contributed by atoms with Gasteiger partial charge in [0.05, 0.1) is 23.4 Å². The summed E-state index contributed by atoms with van der Waals surface area (Å²) in [5.74, 6) is -0.601. The Balaban J connectivity index is 1.66. The summed E-state index contributed by atoms with van der Waals surface area (Å²) < 4.78 is 30.6. The lowest BCUT2D eigenvalue weighted by atomic mass is 10.0. The third-order valence-electron chi connectivity index (χ3n) is 4.29. The number of ether oxygens (including phenoxy) is 2. The molecule has 4 rings (SSSR count). The monoisotopic (exact) mass is 406 g/mol. The summed E-state index contributed by atoms with van der Waals surface area (Å²) >= 11 is 5.80. The number of nitrogens with zero attached hydrogens (tertiary/aromatic N) is 2. The summed E-state index contributed by atoms with van der Waals surface area (Å²) in [5.41, 5.74) is 1.11. The number of benzene rings is 1. The Morgan fingerprint density at radius 3 is 3.00 bits per heavy atom. The Hall–Kier alpha value is -2.75. The molecule has 0 amide bonds. The largest absolute Gasteiger partial charge is 0.484 e. The molecule has 2 atom stereocenters. The lowest BCUT2D eigenvalue weighted by Gasteiger charge is -2.26. The Labute approximate surface area is 163 Å². The van der Waals surface area contributed by atoms with Crippen LogP contribution in [0.15, 0.2) is 46.0 Å². The molecular formula is C18H16ClFN4O4. The van der Waals surface area contributed by atoms with Crippen LogP contribution in [0.2, 0.25) is 5.02 Å². The number of aromatic nitrogens is 3. The summed E-state index contributed by atoms with van der Waals surface area (Å²) in [6.45, 7) is 1.52. The van der Waals surface area contributed by atoms with E-state index in [1.165, 1.54) is 18.3 Å². The molecule has 0 saturated carbocycles. The number of pyridine rings is 1. The highest BCUT2D eigenvalue weighted by atomic mass is 35.5. The number of hydrogen-bond donors (Lipinski definition) is 2. The lowest BCUT2D eigenvalue weighted by molar-refractivity contribution is -0.00846. The second-order valence-electron chi connectivity index (χ2n) is 6.14. The first-order valence-electron chi connectivity index (χ1n) is 8.56. The highest BCUT2D eigenvalue weighted by Crippen LogP contribution is 2.32. The van der Waals surface area contributed by atoms with E-state index in [0.717, 1.165) is 0 Å². The van der Waals surface area contributed by atoms with Gasteiger partial charge in [-0.3, -0.25) is 14.5 Å². The smallest absolute Gasteiger partial charge is 0.439 e. The van der Waals surface area contributed by atoms with Crippen molar-refractivity contribution in [3.63, 3.8) is 0 Å². The number of aromatic amines is 1. The Bertz CT molecular complexity index is 1020. The normalized spacial score (nSPS) is 19.9. The summed E-state index contributed by atoms with van der Waals surface area (Å²) in [4.78, 5) is 17.9. The van der Waals surface area contributed by atoms with Crippen LogP contribution in [0.3, 0.4) is 0 Å². The van der Waals surface area contributed by atoms with E-state index in [9.17, 15) is 9.18 Å². The van der Waals surface area contributed by atoms with Gasteiger partial charge in [-0.1, -0.05) is 22.8 Å². The standard InChI is InChI=1S/C18H16ClFN4O4/c19-12-2-1-10(7-13(12)20)16-15(9-22-5-6-26-16)27-14-8-21-4-3-11(14)17-23-18(25)28-24-17/h1-4,7-8,15-16,22H,5-6,9H2,(H,23,24,25)/t15-,16+/m1/s1. The van der Waals surface area contributed by atoms with E-state index < -0.39 is 23.8 Å². The fourth-order valence-corrected chi connectivity index (χ4v) is 3.12. The Morgan fingerprint density at radius 1 is 1.32 bits per heavy atom. The van der Waals surface area contributed by atoms with E-state index in [2.05, 4.69) is 25.0 Å². The first kappa shape index (κ1) is 18.6. The van der Waals surface area contributed by atoms with Crippen molar-refractivity contribution in [2.24, 2.45) is 0 Å². The third kappa shape index (κ3) is 3.91. The molecule has 1 aliphatic heterocycles. The molecule has 8 nitrogen and oxygen atoms in total. The van der Waals surface area contributed by atoms with E-state index in [4.69, 9.17) is 21.1 Å². The molecule has 3 aromatic rings. The van der Waals surface area contributed by atoms with Crippen LogP contribution in [-0.2, 0) is 4.74 Å². The topological polar surface area (TPSA) is 102 Å². The Kier molecular flexibility index (Phi) is 5.38. The number of rotatable bonds is 4. The molecule has 1 saturated heterocycles. The number of H-pyrrole nitrogens is 1. The highest BCUT2D eigenvalue weighted by molar-refractivity contribution is 6.30. The maximum Gasteiger partial charge on any atom is 0.439 e. The van der Waals surface area contributed by atoms with Crippen molar-refractivity contribution in [2.75, 3.05) is 19.7 Å². The van der Waals surface area contributed by atoms with Crippen molar-refractivity contribution in [3.8, 4) is 17.1 Å². The molecule has 0 aliphatic carbocycles. The fourth-order valence-electron chi connectivity index (χ4n) is 3.00. The van der Waals surface area contributed by atoms with Gasteiger partial charge in [0.2, 0.25) is 0 Å². The molecule has 2 N–H and O–H groups in total. The first-order valence-corrected chi connectivity index (χ1v) is 8.94. The quantitative estimate of drug-likeness (QED) is 0.685. The predicted molar refractivity (Wildman–Crippen MR) is 97.7 cm³/mol. The van der Waals surface area contributed by atoms with E-state index in [1.54, 1.807) is 18.3 Å². The van der Waals surface area contributed by atoms with Crippen molar-refractivity contribution < 1.29 is 18.4 Å². The summed E-state index contributed by atoms with van der Waals surface area (Å²) in [6.07, 6.45) is 2.02. The molecule has 10 heteroatoms. The summed E-state index contributed by atoms with van der Waals surface area (Å²) in [7, 11) is 0. The van der Waals surface area contributed by atoms with Crippen molar-refractivity contribution in [1.82, 2.24) is 20.4 Å². The maximum absolute atomic E-state index is 14.0. The van der Waals surface area contributed by atoms with E-state index in [0.29, 0.717) is 36.6 Å². The van der Waals surface area contributed by atoms with Crippen LogP contribution in [0, 0.1) is 5.82 Å². The second-order valence-corrected chi connectivity index (χ2v) is 6.55. The van der Waals surface area contributed by atoms with Gasteiger partial charge in [-0.15, -0.1) is 0 Å². The van der Waals surface area contributed by atoms with Crippen LogP contribution in [0.4, 0.5) is 4.39 Å². The molecule has 0 unspecified atom stereocenters. The van der Waals surface area contributed by atoms with Gasteiger partial charge in [-0.2, -0.15) is 0 Å². The molecule has 3 heterocycles. The molecule has 0 radical (unpaired) electrons. The van der Waals surface area contributed by atoms with Crippen LogP contribution in [0.5, 0.6) is 5.75 Å². The lowest BCUT2D eigenvalue weighted by Crippen LogP contribution is -2.34. The zero-order valence-electron chi connectivity index (χ0n) is 14.5. The van der Waals surface area contributed by atoms with Gasteiger partial charge < -0.3 is 14.8 Å². The Morgan fingerprint density at radius 2 is 2.21 bits per heavy atom. The van der Waals surface area contributed by atoms with Gasteiger partial charge in [0.15, 0.2) is 5.82 Å². The molecule has 1 aliphatic rings. The fraction of sp³-hybridized carbons (Fsp3) is 0.278. The van der Waals surface area contributed by atoms with Crippen LogP contribution in [0.25, 0.3) is 11.4 Å². The van der Waals surface area contributed by atoms with E-state index in [1.807, 2.05) is 0 Å². The van der Waals surface area contributed by atoms with Gasteiger partial charge in [0.1, 0.15) is 23.8 Å². The van der Waals surface area contributed by atoms with Crippen molar-refractivity contribution in [2.45, 2.75) is 12.2 Å². The third-order valence-corrected chi connectivity index (χ3v) is 4.60. The summed E-state index contributed by atoms with van der Waals surface area (Å²) in [5, 5.41) is 6.96. The van der Waals surface area contributed by atoms with Crippen LogP contribution >= 0.6 is 11.6 Å². The molecule has 146 valence electrons. The SMILES string of the molecule is O=c1[nH]c(-c2ccncc2O[C@@H]2CNCCO[C@H]2c2ccc(Cl)c(F)c2)no1. The predicted octanol–water partition coefficient (Wildman–Crippen LogP) is 2.33. The van der Waals surface area contributed by atoms with E-state index in [-0.39, 0.29) is 10.8 Å². The molecule has 1 aromatic carbocycles. The number of halogens is 2. The van der Waals surface area contributed by atoms with E-state index >= 15 is 0 Å². The molecule has 1 fully saturated rings. The molecule has 0 bridgehead atoms. The molecule has 28 heavy (non-hydrogen) atoms. The minimum atomic E-state index is -0.674. The van der Waals surface area contributed by atoms with Crippen LogP contribution < -0.4 is 15.8 Å². The zero-order chi connectivity index (χ0) is 19.5. The zero-order valence-corrected chi connectivity index (χ0v) is 15.3. The van der Waals surface area contributed by atoms with Crippen molar-refractivity contribution >= 4 is 11.6 Å². The average molecular weight is 407 g/mol.